The number of hydrogen-bond donors (Lipinski definition) is 10. The third kappa shape index (κ3) is 16.2. The van der Waals surface area contributed by atoms with Crippen LogP contribution < -0.4 is 54.8 Å². The summed E-state index contributed by atoms with van der Waals surface area (Å²) in [5.41, 5.74) is 23.0. The van der Waals surface area contributed by atoms with Gasteiger partial charge in [-0.25, -0.2) is 4.99 Å². The van der Waals surface area contributed by atoms with E-state index in [4.69, 9.17) is 27.7 Å². The molecule has 1 aliphatic rings. The normalized spacial score (nSPS) is 22.5. The zero-order valence-electron chi connectivity index (χ0n) is 27.7. The number of hydrogen-bond acceptors (Lipinski definition) is 10. The summed E-state index contributed by atoms with van der Waals surface area (Å²) in [5.74, 6) is -4.17. The first-order chi connectivity index (χ1) is 23.5. The van der Waals surface area contributed by atoms with Crippen LogP contribution in [0.25, 0.3) is 0 Å². The average Bonchev–Trinajstić information content (AvgIpc) is 3.07. The summed E-state index contributed by atoms with van der Waals surface area (Å²) in [7, 11) is 0. The summed E-state index contributed by atoms with van der Waals surface area (Å²) < 4.78 is 5.48. The fourth-order valence-corrected chi connectivity index (χ4v) is 4.85. The Bertz CT molecular complexity index is 1260. The van der Waals surface area contributed by atoms with Gasteiger partial charge in [0.05, 0.1) is 19.7 Å². The Hall–Kier alpha value is -4.81. The molecular weight excluding hydrogens is 638 g/mol. The molecule has 1 heterocycles. The van der Waals surface area contributed by atoms with E-state index >= 15 is 0 Å². The number of guanidine groups is 1. The first kappa shape index (κ1) is 40.4. The summed E-state index contributed by atoms with van der Waals surface area (Å²) in [6.07, 6.45) is 2.82. The predicted octanol–water partition coefficient (Wildman–Crippen LogP) is -3.69. The van der Waals surface area contributed by atoms with E-state index in [0.717, 1.165) is 5.56 Å². The van der Waals surface area contributed by atoms with Crippen LogP contribution in [0.5, 0.6) is 0 Å². The second kappa shape index (κ2) is 22.7. The predicted molar refractivity (Wildman–Crippen MR) is 181 cm³/mol. The number of ether oxygens (including phenoxy) is 1. The molecule has 1 fully saturated rings. The van der Waals surface area contributed by atoms with Crippen molar-refractivity contribution in [3.05, 3.63) is 35.9 Å². The van der Waals surface area contributed by atoms with Gasteiger partial charge in [0.1, 0.15) is 30.9 Å². The van der Waals surface area contributed by atoms with E-state index in [2.05, 4.69) is 36.9 Å². The minimum absolute atomic E-state index is 0.00722. The highest BCUT2D eigenvalue weighted by molar-refractivity contribution is 5.95. The van der Waals surface area contributed by atoms with Crippen LogP contribution in [-0.2, 0) is 39.9 Å². The number of nitrogens with two attached hydrogens (primary N) is 4. The van der Waals surface area contributed by atoms with Crippen molar-refractivity contribution >= 4 is 41.4 Å². The number of aliphatic imine (C=N–C) groups is 1. The summed E-state index contributed by atoms with van der Waals surface area (Å²) in [5, 5.41) is 15.5. The quantitative estimate of drug-likeness (QED) is 0.0613. The lowest BCUT2D eigenvalue weighted by Crippen LogP contribution is -2.57. The number of unbranched alkanes of at least 4 members (excludes halogenated alkanes) is 2. The Balaban J connectivity index is 2.37. The first-order valence-electron chi connectivity index (χ1n) is 16.4. The molecule has 0 unspecified atom stereocenters. The highest BCUT2D eigenvalue weighted by Gasteiger charge is 2.30. The Morgan fingerprint density at radius 3 is 1.90 bits per heavy atom. The highest BCUT2D eigenvalue weighted by atomic mass is 16.5. The maximum Gasteiger partial charge on any atom is 0.245 e. The van der Waals surface area contributed by atoms with Gasteiger partial charge in [-0.2, -0.15) is 0 Å². The fourth-order valence-electron chi connectivity index (χ4n) is 4.85. The van der Waals surface area contributed by atoms with Gasteiger partial charge in [-0.1, -0.05) is 30.3 Å². The lowest BCUT2D eigenvalue weighted by molar-refractivity contribution is -0.134. The van der Waals surface area contributed by atoms with E-state index in [1.807, 2.05) is 0 Å². The molecule has 1 aromatic rings. The molecule has 18 heteroatoms. The van der Waals surface area contributed by atoms with Gasteiger partial charge in [0.15, 0.2) is 5.96 Å². The molecule has 49 heavy (non-hydrogen) atoms. The molecule has 0 aliphatic carbocycles. The van der Waals surface area contributed by atoms with Crippen LogP contribution >= 0.6 is 0 Å². The van der Waals surface area contributed by atoms with E-state index in [9.17, 15) is 28.8 Å². The van der Waals surface area contributed by atoms with E-state index in [1.54, 1.807) is 30.3 Å². The summed E-state index contributed by atoms with van der Waals surface area (Å²) in [6.45, 7) is -0.520. The van der Waals surface area contributed by atoms with E-state index in [1.165, 1.54) is 0 Å². The van der Waals surface area contributed by atoms with Crippen LogP contribution in [0.2, 0.25) is 0 Å². The summed E-state index contributed by atoms with van der Waals surface area (Å²) >= 11 is 0. The number of rotatable bonds is 11. The summed E-state index contributed by atoms with van der Waals surface area (Å²) in [6, 6.07) is 4.66. The Labute approximate surface area is 285 Å². The van der Waals surface area contributed by atoms with Crippen molar-refractivity contribution in [1.29, 1.82) is 0 Å². The number of benzene rings is 1. The Morgan fingerprint density at radius 1 is 0.694 bits per heavy atom. The van der Waals surface area contributed by atoms with Gasteiger partial charge in [0, 0.05) is 12.8 Å². The van der Waals surface area contributed by atoms with Crippen molar-refractivity contribution in [2.45, 2.75) is 75.5 Å². The van der Waals surface area contributed by atoms with Gasteiger partial charge in [-0.05, 0) is 57.2 Å². The number of carbonyl (C=O) groups excluding carboxylic acids is 6. The van der Waals surface area contributed by atoms with Gasteiger partial charge in [-0.3, -0.25) is 28.8 Å². The molecule has 0 saturated carbocycles. The number of nitrogens with zero attached hydrogens (tertiary/aromatic N) is 1. The second-order valence-corrected chi connectivity index (χ2v) is 11.4. The van der Waals surface area contributed by atoms with Gasteiger partial charge < -0.3 is 59.6 Å². The SMILES string of the molecule is NCCCC[C@@H]1NC(=O)[C@H](CCCCN)NC(=O)[C@@H](Cc2ccccc2)NC(=O)CNC(=O)CNC(=O)[C@H](N=C(N)N)CCOCNC1=O. The highest BCUT2D eigenvalue weighted by Crippen LogP contribution is 2.08. The standard InChI is InChI=1S/C31H51N11O7/c32-13-6-4-10-21-28(46)38-19-49-15-12-23(42-31(34)35)27(45)37-17-25(43)36-18-26(44)39-24(16-20-8-2-1-3-9-20)30(48)41-22(29(47)40-21)11-5-7-14-33/h1-3,8-9,21-24H,4-7,10-19,32-33H2,(H,36,43)(H,37,45)(H,38,46)(H,39,44)(H,40,47)(H,41,48)(H4,34,35,42)/t21-,22-,23+,24+/m0/s1. The van der Waals surface area contributed by atoms with Crippen LogP contribution in [0.3, 0.4) is 0 Å². The lowest BCUT2D eigenvalue weighted by Gasteiger charge is -2.26. The molecule has 0 bridgehead atoms. The monoisotopic (exact) mass is 689 g/mol. The van der Waals surface area contributed by atoms with Gasteiger partial charge in [0.25, 0.3) is 0 Å². The summed E-state index contributed by atoms with van der Waals surface area (Å²) in [4.78, 5) is 82.4. The zero-order chi connectivity index (χ0) is 36.0. The van der Waals surface area contributed by atoms with Crippen molar-refractivity contribution in [2.24, 2.45) is 27.9 Å². The van der Waals surface area contributed by atoms with Gasteiger partial charge in [-0.15, -0.1) is 0 Å². The topological polar surface area (TPSA) is 300 Å². The molecule has 272 valence electrons. The smallest absolute Gasteiger partial charge is 0.245 e. The fraction of sp³-hybridized carbons (Fsp3) is 0.581. The molecule has 6 amide bonds. The molecular formula is C31H51N11O7. The third-order valence-electron chi connectivity index (χ3n) is 7.46. The van der Waals surface area contributed by atoms with Crippen molar-refractivity contribution in [1.82, 2.24) is 31.9 Å². The van der Waals surface area contributed by atoms with E-state index in [0.29, 0.717) is 38.8 Å². The minimum Gasteiger partial charge on any atom is -0.370 e. The third-order valence-corrected chi connectivity index (χ3v) is 7.46. The van der Waals surface area contributed by atoms with Gasteiger partial charge >= 0.3 is 0 Å². The van der Waals surface area contributed by atoms with Crippen LogP contribution in [0.1, 0.15) is 50.5 Å². The molecule has 2 rings (SSSR count). The second-order valence-electron chi connectivity index (χ2n) is 11.4. The van der Waals surface area contributed by atoms with Crippen molar-refractivity contribution in [3.8, 4) is 0 Å². The molecule has 1 aromatic carbocycles. The first-order valence-corrected chi connectivity index (χ1v) is 16.4. The number of carbonyl (C=O) groups is 6. The molecule has 0 spiro atoms. The van der Waals surface area contributed by atoms with Crippen LogP contribution in [-0.4, -0.2) is 105 Å². The molecule has 1 aliphatic heterocycles. The molecule has 4 atom stereocenters. The molecule has 0 radical (unpaired) electrons. The molecule has 0 aromatic heterocycles. The zero-order valence-corrected chi connectivity index (χ0v) is 27.7. The maximum absolute atomic E-state index is 13.7. The maximum atomic E-state index is 13.7. The van der Waals surface area contributed by atoms with Gasteiger partial charge in [0.2, 0.25) is 35.4 Å². The molecule has 18 nitrogen and oxygen atoms in total. The molecule has 14 N–H and O–H groups in total. The van der Waals surface area contributed by atoms with E-state index in [-0.39, 0.29) is 45.0 Å². The molecule has 1 saturated heterocycles. The average molecular weight is 690 g/mol. The van der Waals surface area contributed by atoms with Crippen LogP contribution in [0.4, 0.5) is 0 Å². The minimum atomic E-state index is -1.13. The van der Waals surface area contributed by atoms with Crippen molar-refractivity contribution in [2.75, 3.05) is 39.5 Å². The lowest BCUT2D eigenvalue weighted by atomic mass is 10.0. The number of amides is 6. The Morgan fingerprint density at radius 2 is 1.29 bits per heavy atom. The van der Waals surface area contributed by atoms with Crippen molar-refractivity contribution in [3.63, 3.8) is 0 Å². The number of nitrogens with one attached hydrogen (secondary N) is 6. The Kier molecular flexibility index (Phi) is 18.7. The van der Waals surface area contributed by atoms with Crippen molar-refractivity contribution < 1.29 is 33.5 Å². The largest absolute Gasteiger partial charge is 0.370 e. The van der Waals surface area contributed by atoms with Crippen LogP contribution in [0.15, 0.2) is 35.3 Å². The van der Waals surface area contributed by atoms with Crippen LogP contribution in [0, 0.1) is 0 Å². The van der Waals surface area contributed by atoms with E-state index < -0.39 is 72.7 Å².